The number of carbonyl (C=O) groups excluding carboxylic acids is 1. The van der Waals surface area contributed by atoms with Gasteiger partial charge in [-0.1, -0.05) is 0 Å². The number of amides is 1. The number of fused-ring (bicyclic) bond motifs is 2. The van der Waals surface area contributed by atoms with Crippen molar-refractivity contribution in [3.05, 3.63) is 46.9 Å². The third-order valence-corrected chi connectivity index (χ3v) is 9.97. The summed E-state index contributed by atoms with van der Waals surface area (Å²) >= 11 is 0. The smallest absolute Gasteiger partial charge is 0.338 e. The molecule has 0 saturated carbocycles. The van der Waals surface area contributed by atoms with Gasteiger partial charge >= 0.3 is 6.18 Å². The van der Waals surface area contributed by atoms with Gasteiger partial charge in [-0.05, 0) is 48.9 Å². The minimum absolute atomic E-state index is 0.0441. The molecule has 0 spiro atoms. The number of benzene rings is 1. The van der Waals surface area contributed by atoms with E-state index in [1.807, 2.05) is 9.58 Å². The van der Waals surface area contributed by atoms with Crippen molar-refractivity contribution in [1.29, 1.82) is 0 Å². The van der Waals surface area contributed by atoms with E-state index in [9.17, 15) is 26.4 Å². The molecule has 0 bridgehead atoms. The topological polar surface area (TPSA) is 96.6 Å². The van der Waals surface area contributed by atoms with Gasteiger partial charge in [0.15, 0.2) is 5.82 Å². The fraction of sp³-hybridized carbons (Fsp3) is 0.536. The number of nitrogens with zero attached hydrogens (tertiary/aromatic N) is 7. The molecule has 0 N–H and O–H groups in total. The molecular weight excluding hydrogens is 571 g/mol. The number of rotatable bonds is 4. The molecule has 5 heterocycles. The highest BCUT2D eigenvalue weighted by molar-refractivity contribution is 7.88. The van der Waals surface area contributed by atoms with Crippen LogP contribution in [0.5, 0.6) is 0 Å². The van der Waals surface area contributed by atoms with Gasteiger partial charge in [-0.25, -0.2) is 12.7 Å². The highest BCUT2D eigenvalue weighted by atomic mass is 32.2. The Kier molecular flexibility index (Phi) is 7.11. The fourth-order valence-corrected chi connectivity index (χ4v) is 7.39. The molecule has 0 radical (unpaired) electrons. The molecule has 0 aliphatic carbocycles. The van der Waals surface area contributed by atoms with Gasteiger partial charge in [0, 0.05) is 75.3 Å². The molecule has 3 aromatic rings. The SMILES string of the molecule is CC(=O)N1CCc2c(c(N3CCCc4cc(-c5cnn(C)c5)c(C(F)(F)F)cc43)nn2C2CCN(S(C)(=O)=O)CC2)C1. The van der Waals surface area contributed by atoms with Crippen LogP contribution in [0.1, 0.15) is 54.6 Å². The maximum absolute atomic E-state index is 14.5. The Hall–Kier alpha value is -3.39. The molecule has 0 atom stereocenters. The highest BCUT2D eigenvalue weighted by Crippen LogP contribution is 2.45. The molecule has 3 aliphatic rings. The lowest BCUT2D eigenvalue weighted by Crippen LogP contribution is -2.39. The van der Waals surface area contributed by atoms with Crippen LogP contribution < -0.4 is 4.90 Å². The second-order valence-electron chi connectivity index (χ2n) is 11.5. The lowest BCUT2D eigenvalue weighted by Gasteiger charge is -2.33. The van der Waals surface area contributed by atoms with E-state index in [0.29, 0.717) is 75.5 Å². The van der Waals surface area contributed by atoms with Crippen LogP contribution in [0.2, 0.25) is 0 Å². The molecule has 10 nitrogen and oxygen atoms in total. The standard InChI is InChI=1S/C28H34F3N7O3S/c1-18(39)35-10-8-25-23(17-35)27(33-38(25)21-6-11-36(12-7-21)42(3,40)41)37-9-4-5-19-13-22(20-15-32-34(2)16-20)24(14-26(19)37)28(29,30)31/h13-16,21H,4-12,17H2,1-3H3. The number of aromatic nitrogens is 4. The van der Waals surface area contributed by atoms with Crippen molar-refractivity contribution in [3.63, 3.8) is 0 Å². The van der Waals surface area contributed by atoms with E-state index in [1.54, 1.807) is 24.2 Å². The third kappa shape index (κ3) is 5.19. The number of alkyl halides is 3. The monoisotopic (exact) mass is 605 g/mol. The van der Waals surface area contributed by atoms with Gasteiger partial charge in [0.2, 0.25) is 15.9 Å². The zero-order valence-corrected chi connectivity index (χ0v) is 24.7. The quantitative estimate of drug-likeness (QED) is 0.448. The highest BCUT2D eigenvalue weighted by Gasteiger charge is 2.38. The van der Waals surface area contributed by atoms with E-state index >= 15 is 0 Å². The van der Waals surface area contributed by atoms with E-state index in [4.69, 9.17) is 5.10 Å². The minimum Gasteiger partial charge on any atom is -0.338 e. The van der Waals surface area contributed by atoms with Crippen molar-refractivity contribution in [2.24, 2.45) is 7.05 Å². The number of halogens is 3. The van der Waals surface area contributed by atoms with Crippen LogP contribution >= 0.6 is 0 Å². The van der Waals surface area contributed by atoms with E-state index in [0.717, 1.165) is 23.2 Å². The van der Waals surface area contributed by atoms with Crippen LogP contribution in [0.4, 0.5) is 24.7 Å². The molecule has 1 aromatic carbocycles. The van der Waals surface area contributed by atoms with Crippen molar-refractivity contribution in [2.75, 3.05) is 37.3 Å². The Morgan fingerprint density at radius 1 is 1.07 bits per heavy atom. The maximum Gasteiger partial charge on any atom is 0.417 e. The van der Waals surface area contributed by atoms with Crippen LogP contribution in [0.25, 0.3) is 11.1 Å². The van der Waals surface area contributed by atoms with Crippen molar-refractivity contribution in [2.45, 2.75) is 57.8 Å². The first-order valence-electron chi connectivity index (χ1n) is 14.1. The van der Waals surface area contributed by atoms with Gasteiger partial charge in [0.1, 0.15) is 0 Å². The van der Waals surface area contributed by atoms with Gasteiger partial charge < -0.3 is 9.80 Å². The predicted octanol–water partition coefficient (Wildman–Crippen LogP) is 3.89. The maximum atomic E-state index is 14.5. The van der Waals surface area contributed by atoms with Crippen molar-refractivity contribution >= 4 is 27.4 Å². The summed E-state index contributed by atoms with van der Waals surface area (Å²) in [5.41, 5.74) is 2.87. The number of anilines is 2. The minimum atomic E-state index is -4.58. The summed E-state index contributed by atoms with van der Waals surface area (Å²) in [6.45, 7) is 3.62. The Bertz CT molecular complexity index is 1640. The van der Waals surface area contributed by atoms with E-state index in [1.165, 1.54) is 34.4 Å². The van der Waals surface area contributed by atoms with Gasteiger partial charge in [-0.3, -0.25) is 14.2 Å². The van der Waals surface area contributed by atoms with Crippen molar-refractivity contribution < 1.29 is 26.4 Å². The molecule has 42 heavy (non-hydrogen) atoms. The van der Waals surface area contributed by atoms with E-state index in [2.05, 4.69) is 5.10 Å². The summed E-state index contributed by atoms with van der Waals surface area (Å²) in [5.74, 6) is 0.505. The van der Waals surface area contributed by atoms with Crippen LogP contribution in [-0.4, -0.2) is 75.5 Å². The Balaban J connectivity index is 1.44. The molecule has 14 heteroatoms. The fourth-order valence-electron chi connectivity index (χ4n) is 6.52. The first kappa shape index (κ1) is 28.7. The summed E-state index contributed by atoms with van der Waals surface area (Å²) < 4.78 is 72.5. The van der Waals surface area contributed by atoms with Crippen LogP contribution in [0, 0.1) is 0 Å². The molecule has 0 unspecified atom stereocenters. The van der Waals surface area contributed by atoms with Crippen molar-refractivity contribution in [1.82, 2.24) is 28.8 Å². The number of aryl methyl sites for hydroxylation is 2. The van der Waals surface area contributed by atoms with Crippen LogP contribution in [-0.2, 0) is 47.4 Å². The molecule has 1 amide bonds. The van der Waals surface area contributed by atoms with Crippen molar-refractivity contribution in [3.8, 4) is 11.1 Å². The normalized spacial score (nSPS) is 18.7. The molecule has 3 aliphatic heterocycles. The lowest BCUT2D eigenvalue weighted by molar-refractivity contribution is -0.137. The van der Waals surface area contributed by atoms with E-state index in [-0.39, 0.29) is 17.5 Å². The summed E-state index contributed by atoms with van der Waals surface area (Å²) in [6.07, 6.45) is 2.76. The second kappa shape index (κ2) is 10.4. The molecule has 226 valence electrons. The van der Waals surface area contributed by atoms with Crippen LogP contribution in [0.3, 0.4) is 0 Å². The summed E-state index contributed by atoms with van der Waals surface area (Å²) in [5, 5.41) is 9.12. The van der Waals surface area contributed by atoms with Gasteiger partial charge in [0.05, 0.1) is 30.6 Å². The Morgan fingerprint density at radius 3 is 2.43 bits per heavy atom. The van der Waals surface area contributed by atoms with Gasteiger partial charge in [-0.15, -0.1) is 0 Å². The van der Waals surface area contributed by atoms with E-state index < -0.39 is 21.8 Å². The number of carbonyl (C=O) groups is 1. The zero-order chi connectivity index (χ0) is 30.0. The summed E-state index contributed by atoms with van der Waals surface area (Å²) in [6, 6.07) is 2.82. The Labute approximate surface area is 242 Å². The van der Waals surface area contributed by atoms with Gasteiger partial charge in [0.25, 0.3) is 0 Å². The first-order chi connectivity index (χ1) is 19.8. The molecular formula is C28H34F3N7O3S. The summed E-state index contributed by atoms with van der Waals surface area (Å²) in [4.78, 5) is 16.0. The molecule has 1 saturated heterocycles. The average Bonchev–Trinajstić information content (AvgIpc) is 3.54. The predicted molar refractivity (Wildman–Crippen MR) is 151 cm³/mol. The summed E-state index contributed by atoms with van der Waals surface area (Å²) in [7, 11) is -1.62. The molecule has 1 fully saturated rings. The molecule has 2 aromatic heterocycles. The average molecular weight is 606 g/mol. The number of hydrogen-bond acceptors (Lipinski definition) is 6. The third-order valence-electron chi connectivity index (χ3n) is 8.66. The number of hydrogen-bond donors (Lipinski definition) is 0. The van der Waals surface area contributed by atoms with Crippen LogP contribution in [0.15, 0.2) is 24.5 Å². The van der Waals surface area contributed by atoms with Gasteiger partial charge in [-0.2, -0.15) is 23.4 Å². The Morgan fingerprint density at radius 2 is 1.81 bits per heavy atom. The zero-order valence-electron chi connectivity index (χ0n) is 23.9. The first-order valence-corrected chi connectivity index (χ1v) is 16.0. The number of piperidine rings is 1. The number of sulfonamides is 1. The molecule has 6 rings (SSSR count). The largest absolute Gasteiger partial charge is 0.417 e. The lowest BCUT2D eigenvalue weighted by atomic mass is 9.92. The second-order valence-corrected chi connectivity index (χ2v) is 13.4.